The van der Waals surface area contributed by atoms with Crippen LogP contribution in [0.2, 0.25) is 0 Å². The average molecular weight is 256 g/mol. The van der Waals surface area contributed by atoms with Crippen molar-refractivity contribution in [3.8, 4) is 11.8 Å². The van der Waals surface area contributed by atoms with Gasteiger partial charge in [0.05, 0.1) is 12.2 Å². The smallest absolute Gasteiger partial charge is 0.294 e. The topological polar surface area (TPSA) is 94.0 Å². The van der Waals surface area contributed by atoms with E-state index in [-0.39, 0.29) is 12.3 Å². The van der Waals surface area contributed by atoms with E-state index < -0.39 is 5.91 Å². The quantitative estimate of drug-likeness (QED) is 0.780. The van der Waals surface area contributed by atoms with Crippen LogP contribution < -0.4 is 11.1 Å². The summed E-state index contributed by atoms with van der Waals surface area (Å²) in [5, 5.41) is 2.62. The number of nitrogens with zero attached hydrogens (tertiary/aromatic N) is 2. The third-order valence-corrected chi connectivity index (χ3v) is 2.29. The average Bonchev–Trinajstić information content (AvgIpc) is 2.83. The Balaban J connectivity index is 2.15. The number of carbonyl (C=O) groups is 1. The minimum Gasteiger partial charge on any atom is -0.438 e. The molecule has 2 heterocycles. The van der Waals surface area contributed by atoms with Gasteiger partial charge in [0.2, 0.25) is 5.76 Å². The van der Waals surface area contributed by atoms with Crippen LogP contribution in [0.5, 0.6) is 0 Å². The number of pyridine rings is 1. The summed E-state index contributed by atoms with van der Waals surface area (Å²) in [4.78, 5) is 19.8. The first-order valence-corrected chi connectivity index (χ1v) is 5.57. The number of anilines is 1. The molecule has 0 aliphatic rings. The normalized spacial score (nSPS) is 9.58. The van der Waals surface area contributed by atoms with Crippen LogP contribution in [0.4, 0.5) is 5.82 Å². The molecule has 0 aromatic carbocycles. The van der Waals surface area contributed by atoms with Gasteiger partial charge in [0, 0.05) is 11.8 Å². The van der Waals surface area contributed by atoms with E-state index in [2.05, 4.69) is 27.1 Å². The minimum absolute atomic E-state index is 0.167. The zero-order chi connectivity index (χ0) is 13.7. The van der Waals surface area contributed by atoms with Crippen LogP contribution in [0.1, 0.15) is 21.8 Å². The molecule has 1 amide bonds. The zero-order valence-corrected chi connectivity index (χ0v) is 10.3. The lowest BCUT2D eigenvalue weighted by molar-refractivity contribution is 0.0995. The highest BCUT2D eigenvalue weighted by Crippen LogP contribution is 2.10. The minimum atomic E-state index is -0.397. The van der Waals surface area contributed by atoms with Gasteiger partial charge in [0.1, 0.15) is 5.82 Å². The fourth-order valence-electron chi connectivity index (χ4n) is 1.42. The Morgan fingerprint density at radius 2 is 2.37 bits per heavy atom. The van der Waals surface area contributed by atoms with Crippen LogP contribution in [-0.2, 0) is 0 Å². The molecule has 0 radical (unpaired) electrons. The molecule has 0 bridgehead atoms. The van der Waals surface area contributed by atoms with Crippen LogP contribution in [0.3, 0.4) is 0 Å². The van der Waals surface area contributed by atoms with Crippen molar-refractivity contribution in [1.82, 2.24) is 9.97 Å². The molecule has 0 atom stereocenters. The maximum Gasteiger partial charge on any atom is 0.294 e. The van der Waals surface area contributed by atoms with E-state index >= 15 is 0 Å². The second-order valence-electron chi connectivity index (χ2n) is 3.66. The Kier molecular flexibility index (Phi) is 3.90. The number of hydrogen-bond donors (Lipinski definition) is 2. The molecule has 0 saturated carbocycles. The van der Waals surface area contributed by atoms with Gasteiger partial charge in [0.15, 0.2) is 6.39 Å². The summed E-state index contributed by atoms with van der Waals surface area (Å²) in [7, 11) is 0. The second-order valence-corrected chi connectivity index (χ2v) is 3.66. The first-order valence-electron chi connectivity index (χ1n) is 5.57. The van der Waals surface area contributed by atoms with E-state index in [1.165, 1.54) is 6.39 Å². The van der Waals surface area contributed by atoms with Crippen molar-refractivity contribution in [3.63, 3.8) is 0 Å². The summed E-state index contributed by atoms with van der Waals surface area (Å²) < 4.78 is 5.00. The summed E-state index contributed by atoms with van der Waals surface area (Å²) in [5.74, 6) is 5.76. The number of nitrogens with one attached hydrogen (secondary N) is 1. The number of rotatable bonds is 2. The highest BCUT2D eigenvalue weighted by molar-refractivity contribution is 6.02. The van der Waals surface area contributed by atoms with Gasteiger partial charge < -0.3 is 15.5 Å². The van der Waals surface area contributed by atoms with E-state index in [9.17, 15) is 4.79 Å². The van der Waals surface area contributed by atoms with E-state index in [4.69, 9.17) is 10.2 Å². The number of amides is 1. The largest absolute Gasteiger partial charge is 0.438 e. The first-order chi connectivity index (χ1) is 9.20. The van der Waals surface area contributed by atoms with E-state index in [1.54, 1.807) is 25.3 Å². The predicted octanol–water partition coefficient (Wildman–Crippen LogP) is 0.941. The molecular weight excluding hydrogens is 244 g/mol. The Labute approximate surface area is 110 Å². The standard InChI is InChI=1S/C13H12N4O2/c1-9-12(19-8-16-9)13(18)17-11-7-10(3-2-5-14)4-6-15-11/h4,6-8H,5,14H2,1H3,(H,15,17,18). The first kappa shape index (κ1) is 12.8. The summed E-state index contributed by atoms with van der Waals surface area (Å²) in [6.45, 7) is 1.97. The monoisotopic (exact) mass is 256 g/mol. The highest BCUT2D eigenvalue weighted by atomic mass is 16.3. The number of hydrogen-bond acceptors (Lipinski definition) is 5. The van der Waals surface area contributed by atoms with Gasteiger partial charge in [-0.3, -0.25) is 4.79 Å². The van der Waals surface area contributed by atoms with Crippen LogP contribution in [0.25, 0.3) is 0 Å². The molecule has 6 heteroatoms. The van der Waals surface area contributed by atoms with Gasteiger partial charge >= 0.3 is 0 Å². The third kappa shape index (κ3) is 3.18. The molecule has 19 heavy (non-hydrogen) atoms. The van der Waals surface area contributed by atoms with Crippen LogP contribution in [0, 0.1) is 18.8 Å². The molecule has 2 aromatic heterocycles. The van der Waals surface area contributed by atoms with Gasteiger partial charge in [-0.05, 0) is 19.1 Å². The molecule has 0 saturated heterocycles. The molecule has 96 valence electrons. The lowest BCUT2D eigenvalue weighted by atomic mass is 10.2. The fourth-order valence-corrected chi connectivity index (χ4v) is 1.42. The molecule has 0 aliphatic heterocycles. The number of carbonyl (C=O) groups excluding carboxylic acids is 1. The Morgan fingerprint density at radius 3 is 3.05 bits per heavy atom. The molecule has 0 unspecified atom stereocenters. The third-order valence-electron chi connectivity index (χ3n) is 2.29. The maximum atomic E-state index is 11.9. The summed E-state index contributed by atoms with van der Waals surface area (Å²) in [6, 6.07) is 3.39. The Bertz CT molecular complexity index is 652. The Hall–Kier alpha value is -2.65. The lowest BCUT2D eigenvalue weighted by Crippen LogP contribution is -2.13. The number of nitrogens with two attached hydrogens (primary N) is 1. The van der Waals surface area contributed by atoms with Crippen molar-refractivity contribution >= 4 is 11.7 Å². The van der Waals surface area contributed by atoms with Crippen LogP contribution in [0.15, 0.2) is 29.1 Å². The molecule has 0 aliphatic carbocycles. The number of aryl methyl sites for hydroxylation is 1. The summed E-state index contributed by atoms with van der Waals surface area (Å²) in [5.41, 5.74) is 6.55. The summed E-state index contributed by atoms with van der Waals surface area (Å²) >= 11 is 0. The molecule has 2 aromatic rings. The predicted molar refractivity (Wildman–Crippen MR) is 69.4 cm³/mol. The molecule has 2 rings (SSSR count). The van der Waals surface area contributed by atoms with E-state index in [0.29, 0.717) is 11.5 Å². The van der Waals surface area contributed by atoms with E-state index in [0.717, 1.165) is 5.56 Å². The summed E-state index contributed by atoms with van der Waals surface area (Å²) in [6.07, 6.45) is 2.78. The lowest BCUT2D eigenvalue weighted by Gasteiger charge is -2.02. The molecule has 6 nitrogen and oxygen atoms in total. The van der Waals surface area contributed by atoms with Gasteiger partial charge in [-0.15, -0.1) is 0 Å². The van der Waals surface area contributed by atoms with Crippen molar-refractivity contribution < 1.29 is 9.21 Å². The van der Waals surface area contributed by atoms with Gasteiger partial charge in [-0.25, -0.2) is 9.97 Å². The molecule has 0 spiro atoms. The number of aromatic nitrogens is 2. The molecule has 0 fully saturated rings. The van der Waals surface area contributed by atoms with Gasteiger partial charge in [-0.2, -0.15) is 0 Å². The van der Waals surface area contributed by atoms with Gasteiger partial charge in [-0.1, -0.05) is 11.8 Å². The molecule has 3 N–H and O–H groups in total. The van der Waals surface area contributed by atoms with Crippen molar-refractivity contribution in [2.45, 2.75) is 6.92 Å². The molecular formula is C13H12N4O2. The van der Waals surface area contributed by atoms with Crippen molar-refractivity contribution in [3.05, 3.63) is 41.7 Å². The highest BCUT2D eigenvalue weighted by Gasteiger charge is 2.14. The zero-order valence-electron chi connectivity index (χ0n) is 10.3. The van der Waals surface area contributed by atoms with Crippen molar-refractivity contribution in [2.24, 2.45) is 5.73 Å². The fraction of sp³-hybridized carbons (Fsp3) is 0.154. The van der Waals surface area contributed by atoms with Crippen molar-refractivity contribution in [2.75, 3.05) is 11.9 Å². The second kappa shape index (κ2) is 5.80. The van der Waals surface area contributed by atoms with Crippen LogP contribution in [-0.4, -0.2) is 22.4 Å². The Morgan fingerprint density at radius 1 is 1.53 bits per heavy atom. The van der Waals surface area contributed by atoms with Crippen LogP contribution >= 0.6 is 0 Å². The van der Waals surface area contributed by atoms with E-state index in [1.807, 2.05) is 0 Å². The number of oxazole rings is 1. The maximum absolute atomic E-state index is 11.9. The SMILES string of the molecule is Cc1ncoc1C(=O)Nc1cc(C#CCN)ccn1. The van der Waals surface area contributed by atoms with Gasteiger partial charge in [0.25, 0.3) is 5.91 Å². The van der Waals surface area contributed by atoms with Crippen molar-refractivity contribution in [1.29, 1.82) is 0 Å².